The summed E-state index contributed by atoms with van der Waals surface area (Å²) in [7, 11) is 3.12. The standard InChI is InChI=1S/C32H34N2O7/c1-5-15(2)12-16-6-8-17(9-7-16)19-10-11-22(35)24-20(19)13-18-14-21-26(34(3)4)28(37)25(31(33)40)30(39)32(21,41)29(38)23(18)27(24)36/h6-11,18,21,23,25-26,35,41H,2,5,12-14H2,1,3-4H3,(H2,33,40)/t18-,21-,23?,25?,26?,32+/m0/s1. The van der Waals surface area contributed by atoms with Crippen LogP contribution in [0.25, 0.3) is 11.1 Å². The highest BCUT2D eigenvalue weighted by Crippen LogP contribution is 2.51. The quantitative estimate of drug-likeness (QED) is 0.359. The number of phenolic OH excluding ortho intramolecular Hbond substituents is 1. The van der Waals surface area contributed by atoms with Crippen LogP contribution >= 0.6 is 0 Å². The number of benzene rings is 2. The molecule has 2 fully saturated rings. The van der Waals surface area contributed by atoms with Crippen molar-refractivity contribution in [3.05, 3.63) is 65.2 Å². The maximum absolute atomic E-state index is 13.9. The molecule has 0 radical (unpaired) electrons. The smallest absolute Gasteiger partial charge is 0.235 e. The van der Waals surface area contributed by atoms with Gasteiger partial charge in [0.25, 0.3) is 0 Å². The van der Waals surface area contributed by atoms with Crippen LogP contribution in [-0.2, 0) is 32.0 Å². The minimum absolute atomic E-state index is 0.0110. The summed E-state index contributed by atoms with van der Waals surface area (Å²) in [6.45, 7) is 6.11. The first kappa shape index (κ1) is 28.6. The maximum atomic E-state index is 13.9. The summed E-state index contributed by atoms with van der Waals surface area (Å²) < 4.78 is 0. The van der Waals surface area contributed by atoms with E-state index in [1.165, 1.54) is 11.0 Å². The van der Waals surface area contributed by atoms with E-state index in [0.29, 0.717) is 5.56 Å². The van der Waals surface area contributed by atoms with Crippen molar-refractivity contribution < 1.29 is 34.2 Å². The molecular formula is C32H34N2O7. The third-order valence-electron chi connectivity index (χ3n) is 9.16. The molecular weight excluding hydrogens is 524 g/mol. The molecule has 41 heavy (non-hydrogen) atoms. The molecule has 2 saturated carbocycles. The number of Topliss-reactive ketones (excluding diaryl/α,β-unsaturated/α-hetero) is 4. The van der Waals surface area contributed by atoms with E-state index in [-0.39, 0.29) is 24.2 Å². The number of carbonyl (C=O) groups is 5. The minimum Gasteiger partial charge on any atom is -0.507 e. The third kappa shape index (κ3) is 4.26. The van der Waals surface area contributed by atoms with Crippen molar-refractivity contribution in [2.75, 3.05) is 14.1 Å². The van der Waals surface area contributed by atoms with Crippen molar-refractivity contribution >= 4 is 29.0 Å². The number of amides is 1. The number of nitrogens with two attached hydrogens (primary N) is 1. The number of primary amides is 1. The Balaban J connectivity index is 1.59. The number of hydrogen-bond acceptors (Lipinski definition) is 8. The molecule has 0 bridgehead atoms. The predicted octanol–water partition coefficient (Wildman–Crippen LogP) is 2.04. The van der Waals surface area contributed by atoms with Crippen molar-refractivity contribution in [2.24, 2.45) is 29.4 Å². The molecule has 0 heterocycles. The second kappa shape index (κ2) is 10.2. The Bertz CT molecular complexity index is 1510. The largest absolute Gasteiger partial charge is 0.507 e. The SMILES string of the molecule is C=C(CC)Cc1ccc(-c2ccc(O)c3c2C[C@H]2C[C@H]4C(N(C)C)C(=O)C(C(N)=O)C(=O)[C@]4(O)C(=O)C2C3=O)cc1. The fourth-order valence-corrected chi connectivity index (χ4v) is 7.09. The van der Waals surface area contributed by atoms with Crippen molar-refractivity contribution in [1.82, 2.24) is 4.90 Å². The van der Waals surface area contributed by atoms with Gasteiger partial charge in [-0.25, -0.2) is 0 Å². The van der Waals surface area contributed by atoms with Crippen LogP contribution in [0.3, 0.4) is 0 Å². The lowest BCUT2D eigenvalue weighted by atomic mass is 9.52. The number of allylic oxidation sites excluding steroid dienone is 1. The number of rotatable bonds is 6. The molecule has 3 aliphatic rings. The summed E-state index contributed by atoms with van der Waals surface area (Å²) in [5.74, 6) is -10.5. The Morgan fingerprint density at radius 2 is 1.73 bits per heavy atom. The molecule has 0 aromatic heterocycles. The molecule has 0 spiro atoms. The van der Waals surface area contributed by atoms with E-state index >= 15 is 0 Å². The zero-order valence-corrected chi connectivity index (χ0v) is 23.3. The van der Waals surface area contributed by atoms with Crippen LogP contribution in [0.5, 0.6) is 5.75 Å². The Labute approximate surface area is 238 Å². The first-order valence-electron chi connectivity index (χ1n) is 13.8. The van der Waals surface area contributed by atoms with E-state index in [1.54, 1.807) is 20.2 Å². The summed E-state index contributed by atoms with van der Waals surface area (Å²) in [6, 6.07) is 9.86. The zero-order chi connectivity index (χ0) is 30.0. The highest BCUT2D eigenvalue weighted by Gasteiger charge is 2.69. The molecule has 2 aromatic carbocycles. The number of carbonyl (C=O) groups excluding carboxylic acids is 5. The Kier molecular flexibility index (Phi) is 7.07. The lowest BCUT2D eigenvalue weighted by Gasteiger charge is -2.52. The van der Waals surface area contributed by atoms with E-state index in [9.17, 15) is 34.2 Å². The summed E-state index contributed by atoms with van der Waals surface area (Å²) in [4.78, 5) is 68.1. The van der Waals surface area contributed by atoms with Crippen molar-refractivity contribution in [3.63, 3.8) is 0 Å². The number of fused-ring (bicyclic) bond motifs is 3. The van der Waals surface area contributed by atoms with E-state index in [0.717, 1.165) is 35.1 Å². The van der Waals surface area contributed by atoms with Gasteiger partial charge in [-0.15, -0.1) is 0 Å². The highest BCUT2D eigenvalue weighted by atomic mass is 16.3. The summed E-state index contributed by atoms with van der Waals surface area (Å²) in [5.41, 5.74) is 6.95. The van der Waals surface area contributed by atoms with E-state index in [1.807, 2.05) is 24.3 Å². The van der Waals surface area contributed by atoms with Crippen LogP contribution in [-0.4, -0.2) is 69.9 Å². The lowest BCUT2D eigenvalue weighted by Crippen LogP contribution is -2.74. The molecule has 9 heteroatoms. The number of hydrogen-bond donors (Lipinski definition) is 3. The molecule has 0 saturated heterocycles. The van der Waals surface area contributed by atoms with Gasteiger partial charge in [0.1, 0.15) is 5.75 Å². The van der Waals surface area contributed by atoms with Gasteiger partial charge in [-0.3, -0.25) is 28.9 Å². The topological polar surface area (TPSA) is 155 Å². The van der Waals surface area contributed by atoms with Crippen molar-refractivity contribution in [2.45, 2.75) is 44.2 Å². The van der Waals surface area contributed by atoms with Gasteiger partial charge in [-0.05, 0) is 74.0 Å². The zero-order valence-electron chi connectivity index (χ0n) is 23.3. The van der Waals surface area contributed by atoms with Gasteiger partial charge in [0, 0.05) is 5.92 Å². The number of ketones is 4. The van der Waals surface area contributed by atoms with Gasteiger partial charge < -0.3 is 15.9 Å². The van der Waals surface area contributed by atoms with Gasteiger partial charge in [-0.1, -0.05) is 49.4 Å². The van der Waals surface area contributed by atoms with Crippen LogP contribution < -0.4 is 5.73 Å². The maximum Gasteiger partial charge on any atom is 0.235 e. The normalized spacial score (nSPS) is 29.1. The molecule has 1 amide bonds. The lowest BCUT2D eigenvalue weighted by molar-refractivity contribution is -0.181. The minimum atomic E-state index is -2.73. The van der Waals surface area contributed by atoms with Gasteiger partial charge in [0.05, 0.1) is 17.5 Å². The van der Waals surface area contributed by atoms with E-state index in [2.05, 4.69) is 13.5 Å². The average molecular weight is 559 g/mol. The van der Waals surface area contributed by atoms with Crippen molar-refractivity contribution in [3.8, 4) is 16.9 Å². The predicted molar refractivity (Wildman–Crippen MR) is 150 cm³/mol. The Morgan fingerprint density at radius 3 is 2.32 bits per heavy atom. The third-order valence-corrected chi connectivity index (χ3v) is 9.16. The van der Waals surface area contributed by atoms with E-state index < -0.39 is 64.4 Å². The van der Waals surface area contributed by atoms with Crippen molar-refractivity contribution in [1.29, 1.82) is 0 Å². The van der Waals surface area contributed by atoms with E-state index in [4.69, 9.17) is 5.73 Å². The highest BCUT2D eigenvalue weighted by molar-refractivity contribution is 6.32. The summed E-state index contributed by atoms with van der Waals surface area (Å²) >= 11 is 0. The monoisotopic (exact) mass is 558 g/mol. The second-order valence-electron chi connectivity index (χ2n) is 11.8. The fraction of sp³-hybridized carbons (Fsp3) is 0.406. The Hall–Kier alpha value is -3.95. The number of nitrogens with zero attached hydrogens (tertiary/aromatic N) is 1. The summed E-state index contributed by atoms with van der Waals surface area (Å²) in [5, 5.41) is 22.5. The van der Waals surface area contributed by atoms with Gasteiger partial charge in [0.15, 0.2) is 34.7 Å². The van der Waals surface area contributed by atoms with Crippen LogP contribution in [0.2, 0.25) is 0 Å². The van der Waals surface area contributed by atoms with Gasteiger partial charge in [-0.2, -0.15) is 0 Å². The number of aromatic hydroxyl groups is 1. The first-order chi connectivity index (χ1) is 19.3. The molecule has 3 unspecified atom stereocenters. The van der Waals surface area contributed by atoms with Crippen LogP contribution in [0.4, 0.5) is 0 Å². The molecule has 9 nitrogen and oxygen atoms in total. The molecule has 5 rings (SSSR count). The fourth-order valence-electron chi connectivity index (χ4n) is 7.09. The average Bonchev–Trinajstić information content (AvgIpc) is 2.91. The number of aliphatic hydroxyl groups is 1. The number of likely N-dealkylation sites (N-methyl/N-ethyl adjacent to an activating group) is 1. The molecule has 214 valence electrons. The molecule has 3 aliphatic carbocycles. The summed E-state index contributed by atoms with van der Waals surface area (Å²) in [6.07, 6.45) is 1.85. The molecule has 4 N–H and O–H groups in total. The van der Waals surface area contributed by atoms with Gasteiger partial charge >= 0.3 is 0 Å². The Morgan fingerprint density at radius 1 is 1.07 bits per heavy atom. The van der Waals surface area contributed by atoms with Crippen LogP contribution in [0.15, 0.2) is 48.6 Å². The van der Waals surface area contributed by atoms with Crippen LogP contribution in [0, 0.1) is 23.7 Å². The molecule has 0 aliphatic heterocycles. The van der Waals surface area contributed by atoms with Gasteiger partial charge in [0.2, 0.25) is 5.91 Å². The second-order valence-corrected chi connectivity index (χ2v) is 11.8. The van der Waals surface area contributed by atoms with Crippen LogP contribution in [0.1, 0.15) is 41.3 Å². The number of phenols is 1. The first-order valence-corrected chi connectivity index (χ1v) is 13.8. The molecule has 2 aromatic rings. The molecule has 6 atom stereocenters.